The maximum absolute atomic E-state index is 11.3. The van der Waals surface area contributed by atoms with Gasteiger partial charge in [0.15, 0.2) is 0 Å². The highest BCUT2D eigenvalue weighted by molar-refractivity contribution is 5.76. The average Bonchev–Trinajstić information content (AvgIpc) is 2.39. The van der Waals surface area contributed by atoms with Crippen LogP contribution in [0.2, 0.25) is 0 Å². The van der Waals surface area contributed by atoms with Gasteiger partial charge in [0.1, 0.15) is 6.10 Å². The van der Waals surface area contributed by atoms with Crippen LogP contribution in [0.15, 0.2) is 12.2 Å². The summed E-state index contributed by atoms with van der Waals surface area (Å²) in [5.41, 5.74) is 0. The van der Waals surface area contributed by atoms with E-state index in [1.807, 2.05) is 0 Å². The van der Waals surface area contributed by atoms with Gasteiger partial charge < -0.3 is 19.9 Å². The lowest BCUT2D eigenvalue weighted by Gasteiger charge is -2.31. The van der Waals surface area contributed by atoms with Gasteiger partial charge in [-0.05, 0) is 0 Å². The Bertz CT molecular complexity index is 328. The van der Waals surface area contributed by atoms with Crippen molar-refractivity contribution in [2.45, 2.75) is 38.0 Å². The van der Waals surface area contributed by atoms with E-state index >= 15 is 0 Å². The van der Waals surface area contributed by atoms with E-state index in [4.69, 9.17) is 4.74 Å². The molecule has 6 heteroatoms. The van der Waals surface area contributed by atoms with Gasteiger partial charge in [0.25, 0.3) is 0 Å². The molecule has 18 heavy (non-hydrogen) atoms. The third kappa shape index (κ3) is 4.12. The van der Waals surface area contributed by atoms with E-state index < -0.39 is 12.2 Å². The molecule has 0 aromatic carbocycles. The van der Waals surface area contributed by atoms with Crippen molar-refractivity contribution >= 4 is 11.9 Å². The van der Waals surface area contributed by atoms with E-state index in [-0.39, 0.29) is 30.9 Å². The SMILES string of the molecule is CCC(=O)N[C@@H]1C=C[C@H](CC(=O)OC)O[C@@H]1CO. The molecule has 0 saturated heterocycles. The zero-order valence-corrected chi connectivity index (χ0v) is 10.6. The van der Waals surface area contributed by atoms with Gasteiger partial charge in [-0.25, -0.2) is 0 Å². The van der Waals surface area contributed by atoms with Crippen LogP contribution in [0, 0.1) is 0 Å². The Labute approximate surface area is 106 Å². The summed E-state index contributed by atoms with van der Waals surface area (Å²) in [7, 11) is 1.31. The summed E-state index contributed by atoms with van der Waals surface area (Å²) < 4.78 is 10.1. The van der Waals surface area contributed by atoms with Gasteiger partial charge in [0, 0.05) is 6.42 Å². The predicted molar refractivity (Wildman–Crippen MR) is 63.7 cm³/mol. The van der Waals surface area contributed by atoms with E-state index in [2.05, 4.69) is 10.1 Å². The second-order valence-corrected chi connectivity index (χ2v) is 4.01. The number of aliphatic hydroxyl groups excluding tert-OH is 1. The number of nitrogens with one attached hydrogen (secondary N) is 1. The van der Waals surface area contributed by atoms with Gasteiger partial charge in [-0.3, -0.25) is 9.59 Å². The number of esters is 1. The lowest BCUT2D eigenvalue weighted by molar-refractivity contribution is -0.145. The number of carbonyl (C=O) groups excluding carboxylic acids is 2. The van der Waals surface area contributed by atoms with Crippen molar-refractivity contribution in [3.05, 3.63) is 12.2 Å². The van der Waals surface area contributed by atoms with Crippen molar-refractivity contribution in [2.75, 3.05) is 13.7 Å². The van der Waals surface area contributed by atoms with Crippen LogP contribution in [0.4, 0.5) is 0 Å². The molecule has 102 valence electrons. The van der Waals surface area contributed by atoms with Crippen LogP contribution in [0.1, 0.15) is 19.8 Å². The number of methoxy groups -OCH3 is 1. The second-order valence-electron chi connectivity index (χ2n) is 4.01. The van der Waals surface area contributed by atoms with E-state index in [0.717, 1.165) is 0 Å². The predicted octanol–water partition coefficient (Wildman–Crippen LogP) is -0.240. The number of carbonyl (C=O) groups is 2. The van der Waals surface area contributed by atoms with E-state index in [1.165, 1.54) is 7.11 Å². The summed E-state index contributed by atoms with van der Waals surface area (Å²) in [6.45, 7) is 1.52. The zero-order chi connectivity index (χ0) is 13.5. The van der Waals surface area contributed by atoms with Crippen LogP contribution in [0.25, 0.3) is 0 Å². The van der Waals surface area contributed by atoms with Crippen LogP contribution < -0.4 is 5.32 Å². The molecule has 1 heterocycles. The monoisotopic (exact) mass is 257 g/mol. The highest BCUT2D eigenvalue weighted by atomic mass is 16.5. The molecule has 1 aliphatic rings. The Morgan fingerprint density at radius 1 is 1.44 bits per heavy atom. The van der Waals surface area contributed by atoms with Gasteiger partial charge in [-0.1, -0.05) is 19.1 Å². The molecule has 0 spiro atoms. The number of hydrogen-bond donors (Lipinski definition) is 2. The molecule has 0 aromatic rings. The molecule has 0 radical (unpaired) electrons. The Morgan fingerprint density at radius 2 is 2.17 bits per heavy atom. The van der Waals surface area contributed by atoms with Gasteiger partial charge in [0.05, 0.1) is 32.3 Å². The van der Waals surface area contributed by atoms with Crippen molar-refractivity contribution in [3.8, 4) is 0 Å². The molecule has 0 aromatic heterocycles. The minimum atomic E-state index is -0.542. The fourth-order valence-corrected chi connectivity index (χ4v) is 1.67. The summed E-state index contributed by atoms with van der Waals surface area (Å²) in [5, 5.41) is 12.0. The highest BCUT2D eigenvalue weighted by Gasteiger charge is 2.28. The van der Waals surface area contributed by atoms with Crippen LogP contribution in [-0.2, 0) is 19.1 Å². The quantitative estimate of drug-likeness (QED) is 0.524. The van der Waals surface area contributed by atoms with Crippen molar-refractivity contribution in [1.29, 1.82) is 0 Å². The zero-order valence-electron chi connectivity index (χ0n) is 10.6. The molecule has 1 rings (SSSR count). The Morgan fingerprint density at radius 3 is 2.72 bits per heavy atom. The van der Waals surface area contributed by atoms with E-state index in [0.29, 0.717) is 6.42 Å². The smallest absolute Gasteiger partial charge is 0.308 e. The topological polar surface area (TPSA) is 84.9 Å². The first-order chi connectivity index (χ1) is 8.60. The number of amides is 1. The second kappa shape index (κ2) is 7.13. The van der Waals surface area contributed by atoms with Gasteiger partial charge >= 0.3 is 5.97 Å². The summed E-state index contributed by atoms with van der Waals surface area (Å²) in [6, 6.07) is -0.364. The fourth-order valence-electron chi connectivity index (χ4n) is 1.67. The van der Waals surface area contributed by atoms with Crippen molar-refractivity contribution in [2.24, 2.45) is 0 Å². The lowest BCUT2D eigenvalue weighted by atomic mass is 10.0. The molecule has 3 atom stereocenters. The molecular formula is C12H19NO5. The van der Waals surface area contributed by atoms with Crippen molar-refractivity contribution < 1.29 is 24.2 Å². The summed E-state index contributed by atoms with van der Waals surface area (Å²) in [5.74, 6) is -0.490. The Hall–Kier alpha value is -1.40. The number of aliphatic hydroxyl groups is 1. The van der Waals surface area contributed by atoms with Crippen LogP contribution in [0.3, 0.4) is 0 Å². The third-order valence-electron chi connectivity index (χ3n) is 2.71. The molecule has 0 bridgehead atoms. The first-order valence-corrected chi connectivity index (χ1v) is 5.91. The average molecular weight is 257 g/mol. The summed E-state index contributed by atoms with van der Waals surface area (Å²) >= 11 is 0. The standard InChI is InChI=1S/C12H19NO5/c1-3-11(15)13-9-5-4-8(6-12(16)17-2)18-10(9)7-14/h4-5,8-10,14H,3,6-7H2,1-2H3,(H,13,15)/t8-,9-,10-/m1/s1. The summed E-state index contributed by atoms with van der Waals surface area (Å²) in [6.07, 6.45) is 2.94. The number of rotatable bonds is 5. The largest absolute Gasteiger partial charge is 0.469 e. The van der Waals surface area contributed by atoms with Crippen molar-refractivity contribution in [3.63, 3.8) is 0 Å². The molecule has 1 aliphatic heterocycles. The van der Waals surface area contributed by atoms with E-state index in [1.54, 1.807) is 19.1 Å². The van der Waals surface area contributed by atoms with Gasteiger partial charge in [-0.2, -0.15) is 0 Å². The minimum Gasteiger partial charge on any atom is -0.469 e. The maximum Gasteiger partial charge on any atom is 0.308 e. The number of hydrogen-bond acceptors (Lipinski definition) is 5. The first kappa shape index (κ1) is 14.7. The minimum absolute atomic E-state index is 0.0952. The van der Waals surface area contributed by atoms with Crippen molar-refractivity contribution in [1.82, 2.24) is 5.32 Å². The lowest BCUT2D eigenvalue weighted by Crippen LogP contribution is -2.48. The normalized spacial score (nSPS) is 26.7. The Balaban J connectivity index is 2.60. The molecule has 0 fully saturated rings. The van der Waals surface area contributed by atoms with E-state index in [9.17, 15) is 14.7 Å². The maximum atomic E-state index is 11.3. The highest BCUT2D eigenvalue weighted by Crippen LogP contribution is 2.16. The molecule has 1 amide bonds. The first-order valence-electron chi connectivity index (χ1n) is 5.91. The molecule has 6 nitrogen and oxygen atoms in total. The van der Waals surface area contributed by atoms with Crippen LogP contribution in [-0.4, -0.2) is 48.9 Å². The van der Waals surface area contributed by atoms with Crippen LogP contribution in [0.5, 0.6) is 0 Å². The van der Waals surface area contributed by atoms with Gasteiger partial charge in [-0.15, -0.1) is 0 Å². The number of ether oxygens (including phenoxy) is 2. The molecule has 0 saturated carbocycles. The fraction of sp³-hybridized carbons (Fsp3) is 0.667. The molecule has 2 N–H and O–H groups in total. The Kier molecular flexibility index (Phi) is 5.80. The summed E-state index contributed by atoms with van der Waals surface area (Å²) in [4.78, 5) is 22.4. The third-order valence-corrected chi connectivity index (χ3v) is 2.71. The molecular weight excluding hydrogens is 238 g/mol. The van der Waals surface area contributed by atoms with Crippen LogP contribution >= 0.6 is 0 Å². The molecule has 0 unspecified atom stereocenters. The molecule has 0 aliphatic carbocycles. The van der Waals surface area contributed by atoms with Gasteiger partial charge in [0.2, 0.25) is 5.91 Å².